The lowest BCUT2D eigenvalue weighted by Crippen LogP contribution is -2.61. The van der Waals surface area contributed by atoms with Crippen LogP contribution >= 0.6 is 0 Å². The highest BCUT2D eigenvalue weighted by Crippen LogP contribution is 2.40. The summed E-state index contributed by atoms with van der Waals surface area (Å²) in [7, 11) is 0. The molecule has 0 unspecified atom stereocenters. The van der Waals surface area contributed by atoms with Gasteiger partial charge in [0.15, 0.2) is 11.7 Å². The minimum Gasteiger partial charge on any atom is -0.440 e. The van der Waals surface area contributed by atoms with Gasteiger partial charge >= 0.3 is 6.09 Å². The van der Waals surface area contributed by atoms with Crippen LogP contribution in [0.5, 0.6) is 0 Å². The first-order valence-corrected chi connectivity index (χ1v) is 13.3. The molecule has 0 radical (unpaired) electrons. The number of benzene rings is 1. The van der Waals surface area contributed by atoms with Gasteiger partial charge in [0.1, 0.15) is 5.52 Å². The second kappa shape index (κ2) is 9.89. The molecule has 1 aromatic heterocycles. The monoisotopic (exact) mass is 504 g/mol. The van der Waals surface area contributed by atoms with E-state index in [1.807, 2.05) is 24.3 Å². The molecule has 1 amide bonds. The van der Waals surface area contributed by atoms with Crippen LogP contribution in [0.1, 0.15) is 58.8 Å². The molecule has 1 aliphatic carbocycles. The molecular formula is C27H38F2N4O3. The highest BCUT2D eigenvalue weighted by Gasteiger charge is 2.52. The van der Waals surface area contributed by atoms with Crippen molar-refractivity contribution in [2.45, 2.75) is 82.4 Å². The number of rotatable bonds is 4. The predicted molar refractivity (Wildman–Crippen MR) is 133 cm³/mol. The smallest absolute Gasteiger partial charge is 0.410 e. The van der Waals surface area contributed by atoms with Crippen LogP contribution in [0.15, 0.2) is 28.7 Å². The number of piperidine rings is 1. The van der Waals surface area contributed by atoms with Gasteiger partial charge in [-0.05, 0) is 51.7 Å². The van der Waals surface area contributed by atoms with Crippen LogP contribution in [0.25, 0.3) is 11.1 Å². The Labute approximate surface area is 211 Å². The minimum atomic E-state index is -3.02. The van der Waals surface area contributed by atoms with Gasteiger partial charge in [0, 0.05) is 57.1 Å². The average Bonchev–Trinajstić information content (AvgIpc) is 3.31. The van der Waals surface area contributed by atoms with Crippen LogP contribution in [0, 0.1) is 0 Å². The van der Waals surface area contributed by atoms with E-state index in [1.165, 1.54) is 0 Å². The van der Waals surface area contributed by atoms with Gasteiger partial charge in [-0.3, -0.25) is 9.80 Å². The van der Waals surface area contributed by atoms with E-state index in [4.69, 9.17) is 9.15 Å². The van der Waals surface area contributed by atoms with E-state index in [-0.39, 0.29) is 11.8 Å². The van der Waals surface area contributed by atoms with E-state index in [0.29, 0.717) is 50.7 Å². The van der Waals surface area contributed by atoms with Crippen molar-refractivity contribution < 1.29 is 22.7 Å². The summed E-state index contributed by atoms with van der Waals surface area (Å²) in [6.45, 7) is 10.4. The Bertz CT molecular complexity index is 1030. The van der Waals surface area contributed by atoms with E-state index < -0.39 is 24.2 Å². The van der Waals surface area contributed by atoms with Crippen molar-refractivity contribution in [3.05, 3.63) is 30.2 Å². The molecule has 9 heteroatoms. The zero-order valence-corrected chi connectivity index (χ0v) is 21.6. The van der Waals surface area contributed by atoms with Crippen LogP contribution in [-0.4, -0.2) is 89.2 Å². The van der Waals surface area contributed by atoms with Crippen LogP contribution in [0.4, 0.5) is 13.6 Å². The second-order valence-corrected chi connectivity index (χ2v) is 11.2. The van der Waals surface area contributed by atoms with Crippen LogP contribution < -0.4 is 0 Å². The Morgan fingerprint density at radius 1 is 1.08 bits per heavy atom. The quantitative estimate of drug-likeness (QED) is 0.590. The van der Waals surface area contributed by atoms with E-state index >= 15 is 8.78 Å². The van der Waals surface area contributed by atoms with E-state index in [0.717, 1.165) is 37.3 Å². The van der Waals surface area contributed by atoms with Crippen molar-refractivity contribution in [1.82, 2.24) is 19.7 Å². The Kier molecular flexibility index (Phi) is 6.98. The Morgan fingerprint density at radius 3 is 2.44 bits per heavy atom. The zero-order chi connectivity index (χ0) is 25.5. The summed E-state index contributed by atoms with van der Waals surface area (Å²) in [4.78, 5) is 23.8. The number of piperazine rings is 1. The minimum absolute atomic E-state index is 0.233. The molecule has 2 saturated heterocycles. The van der Waals surface area contributed by atoms with E-state index in [9.17, 15) is 4.79 Å². The lowest BCUT2D eigenvalue weighted by molar-refractivity contribution is -0.170. The van der Waals surface area contributed by atoms with Crippen LogP contribution in [-0.2, 0) is 10.2 Å². The van der Waals surface area contributed by atoms with Crippen molar-refractivity contribution >= 4 is 17.2 Å². The summed E-state index contributed by atoms with van der Waals surface area (Å²) in [6, 6.07) is 7.65. The molecule has 198 valence electrons. The molecule has 2 aromatic rings. The number of hydrogen-bond donors (Lipinski definition) is 0. The molecule has 0 N–H and O–H groups in total. The van der Waals surface area contributed by atoms with E-state index in [1.54, 1.807) is 4.90 Å². The number of nitrogens with zero attached hydrogens (tertiary/aromatic N) is 4. The molecule has 3 fully saturated rings. The average molecular weight is 505 g/mol. The van der Waals surface area contributed by atoms with Gasteiger partial charge in [-0.25, -0.2) is 18.6 Å². The molecule has 0 bridgehead atoms. The third kappa shape index (κ3) is 4.96. The number of amides is 1. The normalized spacial score (nSPS) is 27.4. The van der Waals surface area contributed by atoms with Crippen molar-refractivity contribution in [3.8, 4) is 0 Å². The Morgan fingerprint density at radius 2 is 1.78 bits per heavy atom. The number of carbonyl (C=O) groups is 1. The number of fused-ring (bicyclic) bond motifs is 1. The first kappa shape index (κ1) is 25.4. The molecule has 3 aliphatic rings. The molecular weight excluding hydrogens is 466 g/mol. The van der Waals surface area contributed by atoms with Crippen LogP contribution in [0.2, 0.25) is 0 Å². The van der Waals surface area contributed by atoms with Gasteiger partial charge < -0.3 is 14.1 Å². The number of ether oxygens (including phenoxy) is 1. The third-order valence-corrected chi connectivity index (χ3v) is 8.49. The molecule has 2 atom stereocenters. The number of likely N-dealkylation sites (tertiary alicyclic amines) is 1. The lowest BCUT2D eigenvalue weighted by atomic mass is 9.80. The fourth-order valence-electron chi connectivity index (χ4n) is 5.96. The van der Waals surface area contributed by atoms with Crippen LogP contribution in [0.3, 0.4) is 0 Å². The number of halogens is 2. The summed E-state index contributed by atoms with van der Waals surface area (Å²) in [5.74, 6) is -2.35. The molecule has 0 spiro atoms. The van der Waals surface area contributed by atoms with Crippen molar-refractivity contribution in [1.29, 1.82) is 0 Å². The van der Waals surface area contributed by atoms with Crippen molar-refractivity contribution in [2.24, 2.45) is 0 Å². The molecule has 1 saturated carbocycles. The number of oxazole rings is 1. The summed E-state index contributed by atoms with van der Waals surface area (Å²) in [5.41, 5.74) is 1.24. The molecule has 2 aliphatic heterocycles. The van der Waals surface area contributed by atoms with Gasteiger partial charge in [-0.15, -0.1) is 0 Å². The highest BCUT2D eigenvalue weighted by atomic mass is 19.3. The fraction of sp³-hybridized carbons (Fsp3) is 0.704. The molecule has 36 heavy (non-hydrogen) atoms. The van der Waals surface area contributed by atoms with Crippen molar-refractivity contribution in [2.75, 3.05) is 39.3 Å². The third-order valence-electron chi connectivity index (χ3n) is 8.49. The summed E-state index contributed by atoms with van der Waals surface area (Å²) >= 11 is 0. The Balaban J connectivity index is 1.23. The Hall–Kier alpha value is -2.26. The first-order valence-electron chi connectivity index (χ1n) is 13.3. The van der Waals surface area contributed by atoms with Gasteiger partial charge in [0.05, 0.1) is 6.04 Å². The summed E-state index contributed by atoms with van der Waals surface area (Å²) in [5, 5.41) is 0. The SMILES string of the molecule is CC(C)N1CCN([C@H]2CCCC(F)(F)[C@@H]2OC(=O)N2CCC(C)(c3nc4ccccc4o3)CC2)CC1. The fourth-order valence-corrected chi connectivity index (χ4v) is 5.96. The maximum atomic E-state index is 15.1. The first-order chi connectivity index (χ1) is 17.2. The number of aromatic nitrogens is 1. The highest BCUT2D eigenvalue weighted by molar-refractivity contribution is 5.72. The summed E-state index contributed by atoms with van der Waals surface area (Å²) in [6.07, 6.45) is 0.0750. The molecule has 7 nitrogen and oxygen atoms in total. The maximum absolute atomic E-state index is 15.1. The van der Waals surface area contributed by atoms with Crippen molar-refractivity contribution in [3.63, 3.8) is 0 Å². The molecule has 1 aromatic carbocycles. The zero-order valence-electron chi connectivity index (χ0n) is 21.6. The molecule has 5 rings (SSSR count). The maximum Gasteiger partial charge on any atom is 0.410 e. The predicted octanol–water partition coefficient (Wildman–Crippen LogP) is 4.90. The lowest BCUT2D eigenvalue weighted by Gasteiger charge is -2.47. The topological polar surface area (TPSA) is 62.1 Å². The van der Waals surface area contributed by atoms with Gasteiger partial charge in [0.2, 0.25) is 5.89 Å². The summed E-state index contributed by atoms with van der Waals surface area (Å²) < 4.78 is 41.9. The standard InChI is InChI=1S/C27H38F2N4O3/c1-19(2)31-15-17-32(18-16-31)21-8-6-10-27(28,29)23(21)36-25(34)33-13-11-26(3,12-14-33)24-30-20-7-4-5-9-22(20)35-24/h4-5,7,9,19,21,23H,6,8,10-18H2,1-3H3/t21-,23+/m0/s1. The number of hydrogen-bond acceptors (Lipinski definition) is 6. The van der Waals surface area contributed by atoms with Gasteiger partial charge in [-0.2, -0.15) is 0 Å². The largest absolute Gasteiger partial charge is 0.440 e. The second-order valence-electron chi connectivity index (χ2n) is 11.2. The van der Waals surface area contributed by atoms with Gasteiger partial charge in [-0.1, -0.05) is 19.1 Å². The van der Waals surface area contributed by atoms with Gasteiger partial charge in [0.25, 0.3) is 5.92 Å². The number of carbonyl (C=O) groups excluding carboxylic acids is 1. The molecule has 3 heterocycles. The van der Waals surface area contributed by atoms with E-state index in [2.05, 4.69) is 35.6 Å². The number of para-hydroxylation sites is 2. The number of alkyl halides is 2.